The maximum atomic E-state index is 12.9. The number of nitrogens with zero attached hydrogens (tertiary/aromatic N) is 1. The number of rotatable bonds is 5. The van der Waals surface area contributed by atoms with Crippen LogP contribution >= 0.6 is 0 Å². The summed E-state index contributed by atoms with van der Waals surface area (Å²) in [5, 5.41) is 6.36. The van der Waals surface area contributed by atoms with Crippen molar-refractivity contribution in [3.05, 3.63) is 59.7 Å². The van der Waals surface area contributed by atoms with Crippen LogP contribution in [-0.4, -0.2) is 31.4 Å². The summed E-state index contributed by atoms with van der Waals surface area (Å²) in [6.07, 6.45) is 3.72. The van der Waals surface area contributed by atoms with Crippen molar-refractivity contribution in [3.63, 3.8) is 0 Å². The molecule has 1 atom stereocenters. The van der Waals surface area contributed by atoms with Gasteiger partial charge >= 0.3 is 0 Å². The standard InChI is InChI=1S/C24H29N3O2/c1-17(18-10-13-25-14-11-18)16-23(28)26-21-8-6-20(7-9-21)24(29)27-15-12-19-4-2-3-5-22(19)27/h2-9,17-18,25H,10-16H2,1H3,(H,26,28). The molecule has 5 heteroatoms. The van der Waals surface area contributed by atoms with Gasteiger partial charge in [-0.2, -0.15) is 0 Å². The normalized spacial score (nSPS) is 17.6. The molecule has 0 spiro atoms. The number of hydrogen-bond acceptors (Lipinski definition) is 3. The first kappa shape index (κ1) is 19.6. The van der Waals surface area contributed by atoms with Gasteiger partial charge in [0.25, 0.3) is 5.91 Å². The van der Waals surface area contributed by atoms with E-state index in [1.54, 1.807) is 12.1 Å². The van der Waals surface area contributed by atoms with E-state index >= 15 is 0 Å². The number of nitrogens with one attached hydrogen (secondary N) is 2. The van der Waals surface area contributed by atoms with Gasteiger partial charge < -0.3 is 15.5 Å². The summed E-state index contributed by atoms with van der Waals surface area (Å²) in [5.74, 6) is 1.05. The first-order valence-electron chi connectivity index (χ1n) is 10.6. The van der Waals surface area contributed by atoms with Crippen LogP contribution in [-0.2, 0) is 11.2 Å². The number of fused-ring (bicyclic) bond motifs is 1. The fraction of sp³-hybridized carbons (Fsp3) is 0.417. The average molecular weight is 392 g/mol. The molecular weight excluding hydrogens is 362 g/mol. The summed E-state index contributed by atoms with van der Waals surface area (Å²) in [5.41, 5.74) is 3.60. The quantitative estimate of drug-likeness (QED) is 0.814. The van der Waals surface area contributed by atoms with Gasteiger partial charge in [-0.3, -0.25) is 9.59 Å². The minimum Gasteiger partial charge on any atom is -0.326 e. The molecule has 2 amide bonds. The highest BCUT2D eigenvalue weighted by Crippen LogP contribution is 2.29. The Morgan fingerprint density at radius 3 is 2.59 bits per heavy atom. The SMILES string of the molecule is CC(CC(=O)Nc1ccc(C(=O)N2CCc3ccccc32)cc1)C1CCNCC1. The largest absolute Gasteiger partial charge is 0.326 e. The maximum absolute atomic E-state index is 12.9. The van der Waals surface area contributed by atoms with Crippen LogP contribution in [0.3, 0.4) is 0 Å². The summed E-state index contributed by atoms with van der Waals surface area (Å²) < 4.78 is 0. The summed E-state index contributed by atoms with van der Waals surface area (Å²) in [6, 6.07) is 15.3. The third-order valence-corrected chi connectivity index (χ3v) is 6.24. The third-order valence-electron chi connectivity index (χ3n) is 6.24. The lowest BCUT2D eigenvalue weighted by Crippen LogP contribution is -2.32. The molecule has 0 bridgehead atoms. The Morgan fingerprint density at radius 2 is 1.83 bits per heavy atom. The van der Waals surface area contributed by atoms with Crippen LogP contribution in [0.4, 0.5) is 11.4 Å². The maximum Gasteiger partial charge on any atom is 0.258 e. The van der Waals surface area contributed by atoms with Crippen molar-refractivity contribution in [1.29, 1.82) is 0 Å². The van der Waals surface area contributed by atoms with Gasteiger partial charge in [0.15, 0.2) is 0 Å². The van der Waals surface area contributed by atoms with Crippen molar-refractivity contribution in [2.45, 2.75) is 32.6 Å². The highest BCUT2D eigenvalue weighted by molar-refractivity contribution is 6.07. The van der Waals surface area contributed by atoms with Crippen LogP contribution in [0.25, 0.3) is 0 Å². The summed E-state index contributed by atoms with van der Waals surface area (Å²) in [6.45, 7) is 4.98. The zero-order valence-corrected chi connectivity index (χ0v) is 17.0. The van der Waals surface area contributed by atoms with Gasteiger partial charge in [0.2, 0.25) is 5.91 Å². The summed E-state index contributed by atoms with van der Waals surface area (Å²) in [4.78, 5) is 27.2. The first-order valence-corrected chi connectivity index (χ1v) is 10.6. The fourth-order valence-corrected chi connectivity index (χ4v) is 4.49. The molecule has 0 saturated carbocycles. The minimum atomic E-state index is 0.00681. The van der Waals surface area contributed by atoms with Gasteiger partial charge in [0.1, 0.15) is 0 Å². The number of benzene rings is 2. The number of amides is 2. The molecule has 1 fully saturated rings. The first-order chi connectivity index (χ1) is 14.1. The van der Waals surface area contributed by atoms with Crippen LogP contribution in [0.1, 0.15) is 42.1 Å². The predicted molar refractivity (Wildman–Crippen MR) is 116 cm³/mol. The number of para-hydroxylation sites is 1. The van der Waals surface area contributed by atoms with E-state index < -0.39 is 0 Å². The van der Waals surface area contributed by atoms with Gasteiger partial charge in [0.05, 0.1) is 0 Å². The van der Waals surface area contributed by atoms with E-state index in [0.717, 1.165) is 43.7 Å². The lowest BCUT2D eigenvalue weighted by atomic mass is 9.84. The van der Waals surface area contributed by atoms with Gasteiger partial charge in [0, 0.05) is 29.9 Å². The molecule has 2 aromatic rings. The molecule has 2 aliphatic heterocycles. The topological polar surface area (TPSA) is 61.4 Å². The van der Waals surface area contributed by atoms with Gasteiger partial charge in [-0.1, -0.05) is 25.1 Å². The van der Waals surface area contributed by atoms with Gasteiger partial charge in [-0.05, 0) is 80.1 Å². The van der Waals surface area contributed by atoms with Crippen molar-refractivity contribution in [2.24, 2.45) is 11.8 Å². The molecule has 2 N–H and O–H groups in total. The second-order valence-corrected chi connectivity index (χ2v) is 8.23. The van der Waals surface area contributed by atoms with Crippen molar-refractivity contribution in [1.82, 2.24) is 5.32 Å². The zero-order chi connectivity index (χ0) is 20.2. The molecule has 4 rings (SSSR count). The lowest BCUT2D eigenvalue weighted by Gasteiger charge is -2.27. The number of hydrogen-bond donors (Lipinski definition) is 2. The predicted octanol–water partition coefficient (Wildman–Crippen LogP) is 3.85. The highest BCUT2D eigenvalue weighted by Gasteiger charge is 2.25. The molecule has 0 aromatic heterocycles. The Hall–Kier alpha value is -2.66. The van der Waals surface area contributed by atoms with E-state index in [2.05, 4.69) is 23.6 Å². The Bertz CT molecular complexity index is 872. The average Bonchev–Trinajstić information content (AvgIpc) is 3.18. The van der Waals surface area contributed by atoms with Crippen molar-refractivity contribution < 1.29 is 9.59 Å². The second kappa shape index (κ2) is 8.78. The lowest BCUT2D eigenvalue weighted by molar-refractivity contribution is -0.117. The molecule has 2 heterocycles. The monoisotopic (exact) mass is 391 g/mol. The van der Waals surface area contributed by atoms with Crippen LogP contribution < -0.4 is 15.5 Å². The fourth-order valence-electron chi connectivity index (χ4n) is 4.49. The smallest absolute Gasteiger partial charge is 0.258 e. The molecule has 29 heavy (non-hydrogen) atoms. The Labute approximate surface area is 172 Å². The molecule has 5 nitrogen and oxygen atoms in total. The van der Waals surface area contributed by atoms with Crippen LogP contribution in [0.15, 0.2) is 48.5 Å². The van der Waals surface area contributed by atoms with Crippen molar-refractivity contribution in [3.8, 4) is 0 Å². The summed E-state index contributed by atoms with van der Waals surface area (Å²) in [7, 11) is 0. The molecule has 0 aliphatic carbocycles. The van der Waals surface area contributed by atoms with Crippen LogP contribution in [0.2, 0.25) is 0 Å². The summed E-state index contributed by atoms with van der Waals surface area (Å²) >= 11 is 0. The van der Waals surface area contributed by atoms with E-state index in [1.807, 2.05) is 35.2 Å². The number of anilines is 2. The highest BCUT2D eigenvalue weighted by atomic mass is 16.2. The van der Waals surface area contributed by atoms with Crippen molar-refractivity contribution in [2.75, 3.05) is 29.9 Å². The molecule has 1 saturated heterocycles. The molecule has 0 radical (unpaired) electrons. The van der Waals surface area contributed by atoms with E-state index in [9.17, 15) is 9.59 Å². The Balaban J connectivity index is 1.34. The van der Waals surface area contributed by atoms with E-state index in [1.165, 1.54) is 5.56 Å². The second-order valence-electron chi connectivity index (χ2n) is 8.23. The van der Waals surface area contributed by atoms with Gasteiger partial charge in [-0.25, -0.2) is 0 Å². The van der Waals surface area contributed by atoms with Crippen LogP contribution in [0, 0.1) is 11.8 Å². The zero-order valence-electron chi connectivity index (χ0n) is 17.0. The molecular formula is C24H29N3O2. The van der Waals surface area contributed by atoms with E-state index in [0.29, 0.717) is 30.4 Å². The molecule has 152 valence electrons. The number of piperidine rings is 1. The van der Waals surface area contributed by atoms with Crippen molar-refractivity contribution >= 4 is 23.2 Å². The van der Waals surface area contributed by atoms with Gasteiger partial charge in [-0.15, -0.1) is 0 Å². The third kappa shape index (κ3) is 4.51. The number of carbonyl (C=O) groups excluding carboxylic acids is 2. The van der Waals surface area contributed by atoms with E-state index in [-0.39, 0.29) is 11.8 Å². The molecule has 2 aliphatic rings. The Kier molecular flexibility index (Phi) is 5.95. The van der Waals surface area contributed by atoms with E-state index in [4.69, 9.17) is 0 Å². The molecule has 1 unspecified atom stereocenters. The van der Waals surface area contributed by atoms with Crippen LogP contribution in [0.5, 0.6) is 0 Å². The Morgan fingerprint density at radius 1 is 1.10 bits per heavy atom. The minimum absolute atomic E-state index is 0.00681. The number of carbonyl (C=O) groups is 2. The molecule has 2 aromatic carbocycles.